The lowest BCUT2D eigenvalue weighted by molar-refractivity contribution is 1.20. The highest BCUT2D eigenvalue weighted by Gasteiger charge is 2.19. The third-order valence-electron chi connectivity index (χ3n) is 13.9. The first-order valence-corrected chi connectivity index (χ1v) is 23.2. The molecule has 4 heteroatoms. The van der Waals surface area contributed by atoms with Crippen molar-refractivity contribution >= 4 is 76.2 Å². The van der Waals surface area contributed by atoms with Crippen molar-refractivity contribution in [3.63, 3.8) is 0 Å². The Labute approximate surface area is 392 Å². The van der Waals surface area contributed by atoms with Crippen LogP contribution in [0.15, 0.2) is 243 Å². The Kier molecular flexibility index (Phi) is 8.55. The van der Waals surface area contributed by atoms with Gasteiger partial charge in [0.15, 0.2) is 0 Å². The second-order valence-electron chi connectivity index (χ2n) is 17.7. The fourth-order valence-corrected chi connectivity index (χ4v) is 10.7. The minimum absolute atomic E-state index is 0.860. The molecule has 14 rings (SSSR count). The minimum Gasteiger partial charge on any atom is -0.309 e. The summed E-state index contributed by atoms with van der Waals surface area (Å²) in [6.45, 7) is 0. The Balaban J connectivity index is 0.829. The molecule has 0 unspecified atom stereocenters. The van der Waals surface area contributed by atoms with Gasteiger partial charge in [-0.1, -0.05) is 182 Å². The number of nitrogens with zero attached hydrogens (tertiary/aromatic N) is 4. The molecular weight excluding hydrogens is 825 g/mol. The second-order valence-corrected chi connectivity index (χ2v) is 17.7. The number of hydrogen-bond acceptors (Lipinski definition) is 2. The summed E-state index contributed by atoms with van der Waals surface area (Å²) in [6.07, 6.45) is 0. The normalized spacial score (nSPS) is 11.8. The molecule has 0 spiro atoms. The van der Waals surface area contributed by atoms with E-state index in [9.17, 15) is 0 Å². The summed E-state index contributed by atoms with van der Waals surface area (Å²) in [4.78, 5) is 10.5. The fraction of sp³-hybridized carbons (Fsp3) is 0. The van der Waals surface area contributed by atoms with Gasteiger partial charge >= 0.3 is 0 Å². The number of benzene rings is 11. The van der Waals surface area contributed by atoms with Crippen molar-refractivity contribution < 1.29 is 0 Å². The summed E-state index contributed by atoms with van der Waals surface area (Å²) >= 11 is 0. The molecule has 0 aliphatic carbocycles. The van der Waals surface area contributed by atoms with Gasteiger partial charge in [-0.2, -0.15) is 0 Å². The van der Waals surface area contributed by atoms with Crippen molar-refractivity contribution in [1.82, 2.24) is 19.1 Å². The van der Waals surface area contributed by atoms with Gasteiger partial charge < -0.3 is 9.13 Å². The van der Waals surface area contributed by atoms with Gasteiger partial charge in [-0.05, 0) is 93.7 Å². The van der Waals surface area contributed by atoms with E-state index >= 15 is 0 Å². The van der Waals surface area contributed by atoms with Crippen LogP contribution in [0.2, 0.25) is 0 Å². The van der Waals surface area contributed by atoms with Crippen LogP contribution in [0.3, 0.4) is 0 Å². The fourth-order valence-electron chi connectivity index (χ4n) is 10.7. The van der Waals surface area contributed by atoms with Crippen LogP contribution < -0.4 is 0 Å². The van der Waals surface area contributed by atoms with Gasteiger partial charge in [0.1, 0.15) is 0 Å². The first kappa shape index (κ1) is 38.2. The molecule has 316 valence electrons. The summed E-state index contributed by atoms with van der Waals surface area (Å²) in [5.74, 6) is 0. The van der Waals surface area contributed by atoms with E-state index in [2.05, 4.69) is 228 Å². The first-order chi connectivity index (χ1) is 33.7. The van der Waals surface area contributed by atoms with Crippen LogP contribution in [0.25, 0.3) is 132 Å². The highest BCUT2D eigenvalue weighted by atomic mass is 15.0. The van der Waals surface area contributed by atoms with Gasteiger partial charge in [0.05, 0.1) is 55.9 Å². The van der Waals surface area contributed by atoms with E-state index in [-0.39, 0.29) is 0 Å². The smallest absolute Gasteiger partial charge is 0.0973 e. The monoisotopic (exact) mass is 864 g/mol. The van der Waals surface area contributed by atoms with E-state index in [1.54, 1.807) is 0 Å². The molecule has 0 amide bonds. The molecule has 0 atom stereocenters. The molecule has 68 heavy (non-hydrogen) atoms. The molecule has 0 saturated carbocycles. The highest BCUT2D eigenvalue weighted by Crippen LogP contribution is 2.40. The van der Waals surface area contributed by atoms with E-state index in [0.717, 1.165) is 44.7 Å². The lowest BCUT2D eigenvalue weighted by atomic mass is 9.97. The molecule has 0 aliphatic rings. The molecule has 3 heterocycles. The standard InChI is InChI=1S/C64H40N4/c1-3-17-49-43(13-1)15-11-25-57(49)67-59-23-9-5-19-51(59)53-39-47(35-37-61(53)67)41-27-31-45(32-28-41)63-64(66-56-22-8-7-21-55(56)65-63)46-33-29-42(30-34-46)48-36-38-62-54(40-48)52-20-6-10-24-60(52)68(62)58-26-12-16-44-14-2-4-18-50(44)58/h1-40H. The predicted octanol–water partition coefficient (Wildman–Crippen LogP) is 16.8. The topological polar surface area (TPSA) is 35.6 Å². The summed E-state index contributed by atoms with van der Waals surface area (Å²) in [5.41, 5.74) is 17.3. The van der Waals surface area contributed by atoms with Crippen LogP contribution >= 0.6 is 0 Å². The molecule has 0 N–H and O–H groups in total. The zero-order valence-electron chi connectivity index (χ0n) is 36.9. The molecule has 0 saturated heterocycles. The van der Waals surface area contributed by atoms with E-state index in [1.165, 1.54) is 87.7 Å². The molecular formula is C64H40N4. The van der Waals surface area contributed by atoms with Gasteiger partial charge in [0, 0.05) is 43.4 Å². The Morgan fingerprint density at radius 1 is 0.235 bits per heavy atom. The Bertz CT molecular complexity index is 4020. The van der Waals surface area contributed by atoms with Crippen LogP contribution in [0.5, 0.6) is 0 Å². The second kappa shape index (κ2) is 15.2. The van der Waals surface area contributed by atoms with E-state index in [0.29, 0.717) is 0 Å². The maximum absolute atomic E-state index is 5.27. The Morgan fingerprint density at radius 2 is 0.574 bits per heavy atom. The number of aromatic nitrogens is 4. The SMILES string of the molecule is c1ccc2c(-n3c4ccccc4c4cc(-c5ccc(-c6nc7ccccc7nc6-c6ccc(-c7ccc8c(c7)c7ccccc7n8-c7cccc8ccccc78)cc6)cc5)ccc43)cccc2c1. The summed E-state index contributed by atoms with van der Waals surface area (Å²) in [6, 6.07) is 87.5. The third kappa shape index (κ3) is 6.01. The van der Waals surface area contributed by atoms with Crippen molar-refractivity contribution in [1.29, 1.82) is 0 Å². The number of rotatable bonds is 6. The van der Waals surface area contributed by atoms with Crippen LogP contribution in [-0.2, 0) is 0 Å². The summed E-state index contributed by atoms with van der Waals surface area (Å²) in [7, 11) is 0. The number of hydrogen-bond donors (Lipinski definition) is 0. The van der Waals surface area contributed by atoms with Gasteiger partial charge in [0.25, 0.3) is 0 Å². The zero-order valence-corrected chi connectivity index (χ0v) is 36.9. The first-order valence-electron chi connectivity index (χ1n) is 23.2. The lowest BCUT2D eigenvalue weighted by Gasteiger charge is -2.13. The minimum atomic E-state index is 0.860. The van der Waals surface area contributed by atoms with E-state index < -0.39 is 0 Å². The Morgan fingerprint density at radius 3 is 1.03 bits per heavy atom. The molecule has 14 aromatic rings. The van der Waals surface area contributed by atoms with Crippen LogP contribution in [0, 0.1) is 0 Å². The van der Waals surface area contributed by atoms with Gasteiger partial charge in [0.2, 0.25) is 0 Å². The average molecular weight is 865 g/mol. The quantitative estimate of drug-likeness (QED) is 0.167. The van der Waals surface area contributed by atoms with Crippen LogP contribution in [0.1, 0.15) is 0 Å². The zero-order chi connectivity index (χ0) is 44.7. The van der Waals surface area contributed by atoms with Crippen LogP contribution in [0.4, 0.5) is 0 Å². The lowest BCUT2D eigenvalue weighted by Crippen LogP contribution is -1.96. The molecule has 0 radical (unpaired) electrons. The highest BCUT2D eigenvalue weighted by molar-refractivity contribution is 6.13. The summed E-state index contributed by atoms with van der Waals surface area (Å²) < 4.78 is 4.83. The Hall–Kier alpha value is -9.12. The molecule has 4 nitrogen and oxygen atoms in total. The molecule has 0 aliphatic heterocycles. The number of para-hydroxylation sites is 4. The average Bonchev–Trinajstić information content (AvgIpc) is 3.92. The largest absolute Gasteiger partial charge is 0.309 e. The van der Waals surface area contributed by atoms with Crippen molar-refractivity contribution in [3.8, 4) is 56.1 Å². The van der Waals surface area contributed by atoms with Crippen molar-refractivity contribution in [2.24, 2.45) is 0 Å². The maximum atomic E-state index is 5.27. The summed E-state index contributed by atoms with van der Waals surface area (Å²) in [5, 5.41) is 9.87. The van der Waals surface area contributed by atoms with Crippen molar-refractivity contribution in [2.45, 2.75) is 0 Å². The van der Waals surface area contributed by atoms with Crippen molar-refractivity contribution in [2.75, 3.05) is 0 Å². The number of fused-ring (bicyclic) bond motifs is 9. The molecule has 0 fully saturated rings. The van der Waals surface area contributed by atoms with E-state index in [4.69, 9.17) is 9.97 Å². The molecule has 3 aromatic heterocycles. The molecule has 0 bridgehead atoms. The third-order valence-corrected chi connectivity index (χ3v) is 13.9. The van der Waals surface area contributed by atoms with Gasteiger partial charge in [-0.15, -0.1) is 0 Å². The van der Waals surface area contributed by atoms with Crippen LogP contribution in [-0.4, -0.2) is 19.1 Å². The predicted molar refractivity (Wildman–Crippen MR) is 285 cm³/mol. The van der Waals surface area contributed by atoms with E-state index in [1.807, 2.05) is 24.3 Å². The van der Waals surface area contributed by atoms with Gasteiger partial charge in [-0.25, -0.2) is 9.97 Å². The maximum Gasteiger partial charge on any atom is 0.0973 e. The van der Waals surface area contributed by atoms with Gasteiger partial charge in [-0.3, -0.25) is 0 Å². The molecule has 11 aromatic carbocycles. The van der Waals surface area contributed by atoms with Crippen molar-refractivity contribution in [3.05, 3.63) is 243 Å².